The quantitative estimate of drug-likeness (QED) is 0.808. The van der Waals surface area contributed by atoms with Crippen molar-refractivity contribution in [1.82, 2.24) is 9.88 Å². The topological polar surface area (TPSA) is 60.2 Å². The average molecular weight is 364 g/mol. The van der Waals surface area contributed by atoms with Crippen molar-refractivity contribution in [3.05, 3.63) is 24.0 Å². The Morgan fingerprint density at radius 2 is 1.85 bits per heavy atom. The van der Waals surface area contributed by atoms with Gasteiger partial charge in [-0.15, -0.1) is 0 Å². The molecule has 1 amide bonds. The van der Waals surface area contributed by atoms with Crippen LogP contribution in [0.15, 0.2) is 18.5 Å². The molecule has 0 unspecified atom stereocenters. The van der Waals surface area contributed by atoms with Crippen LogP contribution in [0.25, 0.3) is 0 Å². The number of anilines is 1. The number of hydrogen-bond donors (Lipinski definition) is 0. The normalized spacial score (nSPS) is 37.3. The number of hydrogen-bond acceptors (Lipinski definition) is 4. The van der Waals surface area contributed by atoms with E-state index in [0.29, 0.717) is 11.5 Å². The number of nitriles is 1. The van der Waals surface area contributed by atoms with E-state index in [1.807, 2.05) is 0 Å². The van der Waals surface area contributed by atoms with Crippen molar-refractivity contribution in [2.75, 3.05) is 24.5 Å². The van der Waals surface area contributed by atoms with Gasteiger partial charge in [-0.3, -0.25) is 9.78 Å². The van der Waals surface area contributed by atoms with E-state index in [4.69, 9.17) is 0 Å². The maximum Gasteiger partial charge on any atom is 0.229 e. The van der Waals surface area contributed by atoms with Gasteiger partial charge >= 0.3 is 0 Å². The highest BCUT2D eigenvalue weighted by Crippen LogP contribution is 2.60. The second-order valence-corrected chi connectivity index (χ2v) is 9.50. The fraction of sp³-hybridized carbons (Fsp3) is 0.682. The summed E-state index contributed by atoms with van der Waals surface area (Å²) in [7, 11) is 0. The lowest BCUT2D eigenvalue weighted by Crippen LogP contribution is -2.61. The van der Waals surface area contributed by atoms with E-state index in [1.54, 1.807) is 18.5 Å². The van der Waals surface area contributed by atoms with Gasteiger partial charge in [0.25, 0.3) is 0 Å². The molecular formula is C22H28N4O. The summed E-state index contributed by atoms with van der Waals surface area (Å²) in [6.07, 6.45) is 10.9. The van der Waals surface area contributed by atoms with Crippen molar-refractivity contribution in [2.45, 2.75) is 51.5 Å². The molecule has 4 aliphatic carbocycles. The van der Waals surface area contributed by atoms with E-state index < -0.39 is 0 Å². The third-order valence-electron chi connectivity index (χ3n) is 7.64. The van der Waals surface area contributed by atoms with Gasteiger partial charge in [-0.25, -0.2) is 0 Å². The Bertz CT molecular complexity index is 762. The summed E-state index contributed by atoms with van der Waals surface area (Å²) < 4.78 is 0. The molecule has 1 saturated heterocycles. The summed E-state index contributed by atoms with van der Waals surface area (Å²) in [5.41, 5.74) is 1.50. The molecule has 0 radical (unpaired) electrons. The number of amides is 1. The highest BCUT2D eigenvalue weighted by atomic mass is 16.2. The molecule has 5 nitrogen and oxygen atoms in total. The van der Waals surface area contributed by atoms with Crippen molar-refractivity contribution in [3.63, 3.8) is 0 Å². The minimum atomic E-state index is -0.0582. The first kappa shape index (κ1) is 17.0. The van der Waals surface area contributed by atoms with Gasteiger partial charge < -0.3 is 9.80 Å². The Balaban J connectivity index is 1.33. The molecule has 4 bridgehead atoms. The van der Waals surface area contributed by atoms with E-state index in [-0.39, 0.29) is 11.5 Å². The van der Waals surface area contributed by atoms with Crippen LogP contribution in [0.2, 0.25) is 0 Å². The minimum absolute atomic E-state index is 0.0582. The number of carbonyl (C=O) groups is 1. The number of rotatable bonds is 2. The molecule has 0 N–H and O–H groups in total. The van der Waals surface area contributed by atoms with E-state index >= 15 is 0 Å². The Morgan fingerprint density at radius 1 is 1.19 bits per heavy atom. The summed E-state index contributed by atoms with van der Waals surface area (Å²) in [5, 5.41) is 9.38. The van der Waals surface area contributed by atoms with Crippen LogP contribution in [-0.2, 0) is 4.79 Å². The molecule has 5 fully saturated rings. The van der Waals surface area contributed by atoms with Gasteiger partial charge in [-0.05, 0) is 69.3 Å². The van der Waals surface area contributed by atoms with Gasteiger partial charge in [0, 0.05) is 31.9 Å². The molecule has 0 aromatic carbocycles. The van der Waals surface area contributed by atoms with E-state index in [0.717, 1.165) is 62.3 Å². The molecule has 2 heterocycles. The van der Waals surface area contributed by atoms with Crippen LogP contribution in [0.1, 0.15) is 51.0 Å². The molecule has 6 rings (SSSR count). The maximum atomic E-state index is 13.7. The summed E-state index contributed by atoms with van der Waals surface area (Å²) >= 11 is 0. The molecular weight excluding hydrogens is 336 g/mol. The van der Waals surface area contributed by atoms with Crippen LogP contribution in [0.3, 0.4) is 0 Å². The van der Waals surface area contributed by atoms with E-state index in [1.165, 1.54) is 19.3 Å². The predicted molar refractivity (Wildman–Crippen MR) is 103 cm³/mol. The molecule has 5 heteroatoms. The lowest BCUT2D eigenvalue weighted by Gasteiger charge is -2.57. The van der Waals surface area contributed by atoms with Crippen molar-refractivity contribution in [1.29, 1.82) is 5.26 Å². The first-order valence-electron chi connectivity index (χ1n) is 10.5. The average Bonchev–Trinajstić information content (AvgIpc) is 2.66. The number of pyridine rings is 1. The van der Waals surface area contributed by atoms with E-state index in [2.05, 4.69) is 27.8 Å². The van der Waals surface area contributed by atoms with Crippen LogP contribution in [0.4, 0.5) is 5.69 Å². The largest absolute Gasteiger partial charge is 0.365 e. The van der Waals surface area contributed by atoms with Gasteiger partial charge in [0.15, 0.2) is 0 Å². The predicted octanol–water partition coefficient (Wildman–Crippen LogP) is 3.21. The standard InChI is InChI=1S/C22H28N4O/c1-15-14-25(20-13-24-3-2-19(20)12-23)4-5-26(15)21(27)22-9-16-6-17(10-22)8-18(7-16)11-22/h2-3,13,15-18H,4-11,14H2,1H3/t15-,16?,17?,18?,22?/m1/s1. The van der Waals surface area contributed by atoms with Crippen LogP contribution in [-0.4, -0.2) is 41.5 Å². The Kier molecular flexibility index (Phi) is 3.93. The molecule has 1 atom stereocenters. The fourth-order valence-corrected chi connectivity index (χ4v) is 6.89. The van der Waals surface area contributed by atoms with Crippen LogP contribution in [0, 0.1) is 34.5 Å². The molecule has 5 aliphatic rings. The van der Waals surface area contributed by atoms with Gasteiger partial charge in [0.1, 0.15) is 6.07 Å². The van der Waals surface area contributed by atoms with Gasteiger partial charge in [0.05, 0.1) is 22.9 Å². The molecule has 1 aromatic rings. The highest BCUT2D eigenvalue weighted by molar-refractivity contribution is 5.84. The van der Waals surface area contributed by atoms with Crippen LogP contribution >= 0.6 is 0 Å². The fourth-order valence-electron chi connectivity index (χ4n) is 6.89. The van der Waals surface area contributed by atoms with Gasteiger partial charge in [-0.2, -0.15) is 5.26 Å². The minimum Gasteiger partial charge on any atom is -0.365 e. The molecule has 0 spiro atoms. The number of carbonyl (C=O) groups excluding carboxylic acids is 1. The first-order valence-corrected chi connectivity index (χ1v) is 10.5. The lowest BCUT2D eigenvalue weighted by molar-refractivity contribution is -0.160. The summed E-state index contributed by atoms with van der Waals surface area (Å²) in [6.45, 7) is 4.47. The maximum absolute atomic E-state index is 13.7. The smallest absolute Gasteiger partial charge is 0.229 e. The highest BCUT2D eigenvalue weighted by Gasteiger charge is 2.56. The van der Waals surface area contributed by atoms with Gasteiger partial charge in [-0.1, -0.05) is 0 Å². The molecule has 4 saturated carbocycles. The molecule has 27 heavy (non-hydrogen) atoms. The third-order valence-corrected chi connectivity index (χ3v) is 7.64. The SMILES string of the molecule is C[C@@H]1CN(c2cnccc2C#N)CCN1C(=O)C12CC3CC(CC(C3)C1)C2. The third kappa shape index (κ3) is 2.72. The zero-order valence-corrected chi connectivity index (χ0v) is 16.1. The van der Waals surface area contributed by atoms with E-state index in [9.17, 15) is 10.1 Å². The van der Waals surface area contributed by atoms with Crippen molar-refractivity contribution < 1.29 is 4.79 Å². The number of aromatic nitrogens is 1. The lowest BCUT2D eigenvalue weighted by atomic mass is 9.49. The zero-order chi connectivity index (χ0) is 18.6. The summed E-state index contributed by atoms with van der Waals surface area (Å²) in [5.74, 6) is 2.82. The van der Waals surface area contributed by atoms with Crippen LogP contribution < -0.4 is 4.90 Å². The summed E-state index contributed by atoms with van der Waals surface area (Å²) in [4.78, 5) is 22.3. The second-order valence-electron chi connectivity index (χ2n) is 9.50. The molecule has 1 aliphatic heterocycles. The number of piperazine rings is 1. The van der Waals surface area contributed by atoms with Crippen molar-refractivity contribution in [3.8, 4) is 6.07 Å². The van der Waals surface area contributed by atoms with Crippen molar-refractivity contribution in [2.24, 2.45) is 23.2 Å². The second kappa shape index (κ2) is 6.22. The van der Waals surface area contributed by atoms with Crippen molar-refractivity contribution >= 4 is 11.6 Å². The Hall–Kier alpha value is -2.09. The Morgan fingerprint density at radius 3 is 2.44 bits per heavy atom. The monoisotopic (exact) mass is 364 g/mol. The van der Waals surface area contributed by atoms with Gasteiger partial charge in [0.2, 0.25) is 5.91 Å². The Labute approximate surface area is 161 Å². The summed E-state index contributed by atoms with van der Waals surface area (Å²) in [6, 6.07) is 4.21. The van der Waals surface area contributed by atoms with Crippen LogP contribution in [0.5, 0.6) is 0 Å². The first-order chi connectivity index (χ1) is 13.1. The molecule has 1 aromatic heterocycles. The number of nitrogens with zero attached hydrogens (tertiary/aromatic N) is 4. The zero-order valence-electron chi connectivity index (χ0n) is 16.1. The molecule has 142 valence electrons.